The van der Waals surface area contributed by atoms with Gasteiger partial charge in [-0.3, -0.25) is 19.8 Å². The molecule has 0 spiro atoms. The van der Waals surface area contributed by atoms with E-state index in [1.54, 1.807) is 6.08 Å². The second kappa shape index (κ2) is 7.08. The molecule has 27 heavy (non-hydrogen) atoms. The molecule has 0 radical (unpaired) electrons. The number of aryl methyl sites for hydroxylation is 1. The highest BCUT2D eigenvalue weighted by atomic mass is 32.1. The van der Waals surface area contributed by atoms with E-state index >= 15 is 0 Å². The van der Waals surface area contributed by atoms with E-state index in [1.807, 2.05) is 19.9 Å². The molecule has 0 bridgehead atoms. The Morgan fingerprint density at radius 1 is 1.15 bits per heavy atom. The van der Waals surface area contributed by atoms with Crippen LogP contribution in [0.1, 0.15) is 36.8 Å². The third-order valence-corrected chi connectivity index (χ3v) is 4.81. The Balaban J connectivity index is 2.05. The van der Waals surface area contributed by atoms with Gasteiger partial charge in [0.15, 0.2) is 5.11 Å². The quantitative estimate of drug-likeness (QED) is 0.498. The van der Waals surface area contributed by atoms with Gasteiger partial charge in [0.25, 0.3) is 11.8 Å². The van der Waals surface area contributed by atoms with Gasteiger partial charge < -0.3 is 4.57 Å². The molecule has 0 unspecified atom stereocenters. The second-order valence-electron chi connectivity index (χ2n) is 6.72. The molecule has 2 aromatic rings. The molecule has 2 heterocycles. The first-order valence-electron chi connectivity index (χ1n) is 8.56. The van der Waals surface area contributed by atoms with Gasteiger partial charge in [-0.05, 0) is 81.9 Å². The molecule has 1 fully saturated rings. The number of aromatic nitrogens is 1. The topological polar surface area (TPSA) is 54.3 Å². The normalized spacial score (nSPS) is 16.4. The largest absolute Gasteiger partial charge is 0.346 e. The fourth-order valence-electron chi connectivity index (χ4n) is 3.38. The zero-order valence-electron chi connectivity index (χ0n) is 15.5. The van der Waals surface area contributed by atoms with Crippen molar-refractivity contribution < 1.29 is 14.0 Å². The van der Waals surface area contributed by atoms with Gasteiger partial charge >= 0.3 is 0 Å². The van der Waals surface area contributed by atoms with Crippen LogP contribution in [0.4, 0.5) is 10.1 Å². The number of rotatable bonds is 3. The van der Waals surface area contributed by atoms with Crippen molar-refractivity contribution in [1.82, 2.24) is 9.88 Å². The van der Waals surface area contributed by atoms with E-state index < -0.39 is 17.6 Å². The number of hydrogen-bond donors (Lipinski definition) is 1. The zero-order valence-corrected chi connectivity index (χ0v) is 16.4. The van der Waals surface area contributed by atoms with E-state index in [4.69, 9.17) is 12.2 Å². The first kappa shape index (κ1) is 19.0. The van der Waals surface area contributed by atoms with Crippen molar-refractivity contribution in [2.24, 2.45) is 0 Å². The molecule has 1 saturated heterocycles. The number of hydrogen-bond acceptors (Lipinski definition) is 3. The highest BCUT2D eigenvalue weighted by molar-refractivity contribution is 7.80. The molecule has 7 heteroatoms. The molecule has 3 rings (SSSR count). The van der Waals surface area contributed by atoms with Gasteiger partial charge in [0.1, 0.15) is 11.4 Å². The molecule has 0 aliphatic carbocycles. The first-order chi connectivity index (χ1) is 12.7. The number of benzene rings is 1. The Morgan fingerprint density at radius 3 is 2.33 bits per heavy atom. The van der Waals surface area contributed by atoms with Crippen molar-refractivity contribution in [1.29, 1.82) is 0 Å². The fraction of sp³-hybridized carbons (Fsp3) is 0.250. The van der Waals surface area contributed by atoms with E-state index in [-0.39, 0.29) is 16.7 Å². The summed E-state index contributed by atoms with van der Waals surface area (Å²) < 4.78 is 15.3. The molecule has 1 aromatic heterocycles. The molecule has 2 amide bonds. The van der Waals surface area contributed by atoms with Crippen LogP contribution in [0.5, 0.6) is 0 Å². The zero-order chi connectivity index (χ0) is 19.9. The number of halogens is 1. The number of carbonyl (C=O) groups is 2. The van der Waals surface area contributed by atoms with E-state index in [9.17, 15) is 14.0 Å². The summed E-state index contributed by atoms with van der Waals surface area (Å²) in [5, 5.41) is 2.51. The van der Waals surface area contributed by atoms with Gasteiger partial charge in [0.2, 0.25) is 0 Å². The smallest absolute Gasteiger partial charge is 0.270 e. The minimum absolute atomic E-state index is 0.0167. The highest BCUT2D eigenvalue weighted by Crippen LogP contribution is 2.25. The standard InChI is InChI=1S/C20H20FN3O2S/c1-11(2)23-12(3)9-14(13(23)4)10-17-18(25)22-20(27)24(19(17)26)16-7-5-15(21)6-8-16/h5-11H,1-4H3,(H,22,25,27). The monoisotopic (exact) mass is 385 g/mol. The van der Waals surface area contributed by atoms with Crippen molar-refractivity contribution in [3.05, 3.63) is 58.7 Å². The van der Waals surface area contributed by atoms with Crippen molar-refractivity contribution >= 4 is 40.9 Å². The number of amides is 2. The Labute approximate surface area is 162 Å². The lowest BCUT2D eigenvalue weighted by Crippen LogP contribution is -2.54. The molecule has 0 atom stereocenters. The number of nitrogens with zero attached hydrogens (tertiary/aromatic N) is 2. The van der Waals surface area contributed by atoms with Crippen LogP contribution in [-0.2, 0) is 9.59 Å². The molecule has 0 saturated carbocycles. The van der Waals surface area contributed by atoms with Crippen LogP contribution in [0.25, 0.3) is 6.08 Å². The first-order valence-corrected chi connectivity index (χ1v) is 8.97. The molecule has 1 N–H and O–H groups in total. The van der Waals surface area contributed by atoms with Crippen LogP contribution < -0.4 is 10.2 Å². The van der Waals surface area contributed by atoms with Crippen molar-refractivity contribution in [3.63, 3.8) is 0 Å². The Kier molecular flexibility index (Phi) is 4.97. The average molecular weight is 385 g/mol. The van der Waals surface area contributed by atoms with Gasteiger partial charge in [-0.15, -0.1) is 0 Å². The molecule has 1 aliphatic heterocycles. The van der Waals surface area contributed by atoms with Gasteiger partial charge in [-0.2, -0.15) is 0 Å². The van der Waals surface area contributed by atoms with Crippen LogP contribution in [0.2, 0.25) is 0 Å². The van der Waals surface area contributed by atoms with Crippen molar-refractivity contribution in [2.45, 2.75) is 33.7 Å². The van der Waals surface area contributed by atoms with Crippen molar-refractivity contribution in [2.75, 3.05) is 4.90 Å². The van der Waals surface area contributed by atoms with E-state index in [2.05, 4.69) is 23.7 Å². The molecular weight excluding hydrogens is 365 g/mol. The lowest BCUT2D eigenvalue weighted by molar-refractivity contribution is -0.122. The van der Waals surface area contributed by atoms with Gasteiger partial charge in [0.05, 0.1) is 5.69 Å². The molecule has 1 aliphatic rings. The number of carbonyl (C=O) groups excluding carboxylic acids is 2. The second-order valence-corrected chi connectivity index (χ2v) is 7.11. The van der Waals surface area contributed by atoms with Gasteiger partial charge in [0, 0.05) is 17.4 Å². The minimum atomic E-state index is -0.544. The van der Waals surface area contributed by atoms with Crippen LogP contribution in [-0.4, -0.2) is 21.5 Å². The summed E-state index contributed by atoms with van der Waals surface area (Å²) in [6.45, 7) is 8.08. The van der Waals surface area contributed by atoms with Crippen molar-refractivity contribution in [3.8, 4) is 0 Å². The number of nitrogens with one attached hydrogen (secondary N) is 1. The number of thiocarbonyl (C=S) groups is 1. The van der Waals surface area contributed by atoms with Crippen LogP contribution >= 0.6 is 12.2 Å². The summed E-state index contributed by atoms with van der Waals surface area (Å²) in [6.07, 6.45) is 1.58. The molecule has 140 valence electrons. The Bertz CT molecular complexity index is 974. The van der Waals surface area contributed by atoms with Gasteiger partial charge in [-0.1, -0.05) is 0 Å². The highest BCUT2D eigenvalue weighted by Gasteiger charge is 2.34. The van der Waals surface area contributed by atoms with E-state index in [0.717, 1.165) is 17.0 Å². The molecular formula is C20H20FN3O2S. The molecule has 5 nitrogen and oxygen atoms in total. The maximum Gasteiger partial charge on any atom is 0.270 e. The molecule has 1 aromatic carbocycles. The third-order valence-electron chi connectivity index (χ3n) is 4.53. The SMILES string of the molecule is Cc1cc(C=C2C(=O)NC(=S)N(c3ccc(F)cc3)C2=O)c(C)n1C(C)C. The lowest BCUT2D eigenvalue weighted by Gasteiger charge is -2.28. The number of anilines is 1. The van der Waals surface area contributed by atoms with Crippen LogP contribution in [0.15, 0.2) is 35.9 Å². The fourth-order valence-corrected chi connectivity index (χ4v) is 3.66. The van der Waals surface area contributed by atoms with Crippen LogP contribution in [0.3, 0.4) is 0 Å². The summed E-state index contributed by atoms with van der Waals surface area (Å²) >= 11 is 5.15. The summed E-state index contributed by atoms with van der Waals surface area (Å²) in [4.78, 5) is 26.6. The maximum atomic E-state index is 13.2. The summed E-state index contributed by atoms with van der Waals surface area (Å²) in [5.74, 6) is -1.50. The lowest BCUT2D eigenvalue weighted by atomic mass is 10.1. The maximum absolute atomic E-state index is 13.2. The van der Waals surface area contributed by atoms with Crippen LogP contribution in [0, 0.1) is 19.7 Å². The van der Waals surface area contributed by atoms with E-state index in [1.165, 1.54) is 29.2 Å². The predicted octanol–water partition coefficient (Wildman–Crippen LogP) is 3.66. The van der Waals surface area contributed by atoms with Gasteiger partial charge in [-0.25, -0.2) is 4.39 Å². The predicted molar refractivity (Wildman–Crippen MR) is 107 cm³/mol. The average Bonchev–Trinajstić information content (AvgIpc) is 2.86. The van der Waals surface area contributed by atoms with E-state index in [0.29, 0.717) is 5.69 Å². The summed E-state index contributed by atoms with van der Waals surface area (Å²) in [5.41, 5.74) is 3.19. The summed E-state index contributed by atoms with van der Waals surface area (Å²) in [7, 11) is 0. The third kappa shape index (κ3) is 3.42. The Hall–Kier alpha value is -2.80. The Morgan fingerprint density at radius 2 is 1.78 bits per heavy atom. The minimum Gasteiger partial charge on any atom is -0.346 e. The summed E-state index contributed by atoms with van der Waals surface area (Å²) in [6, 6.07) is 7.57.